The summed E-state index contributed by atoms with van der Waals surface area (Å²) < 4.78 is 0. The number of terminal acetylenes is 1. The van der Waals surface area contributed by atoms with Gasteiger partial charge in [-0.1, -0.05) is 19.8 Å². The van der Waals surface area contributed by atoms with Gasteiger partial charge in [0.2, 0.25) is 0 Å². The number of nitrogens with zero attached hydrogens (tertiary/aromatic N) is 1. The lowest BCUT2D eigenvalue weighted by Crippen LogP contribution is -2.57. The van der Waals surface area contributed by atoms with E-state index in [0.29, 0.717) is 25.3 Å². The van der Waals surface area contributed by atoms with E-state index in [0.717, 1.165) is 12.8 Å². The van der Waals surface area contributed by atoms with Crippen molar-refractivity contribution < 1.29 is 14.7 Å². The quantitative estimate of drug-likeness (QED) is 0.689. The van der Waals surface area contributed by atoms with E-state index in [9.17, 15) is 14.7 Å². The lowest BCUT2D eigenvalue weighted by Gasteiger charge is -2.31. The van der Waals surface area contributed by atoms with Gasteiger partial charge in [0.1, 0.15) is 5.54 Å². The predicted octanol–water partition coefficient (Wildman–Crippen LogP) is 1.68. The number of nitrogens with one attached hydrogen (secondary N) is 1. The Hall–Kier alpha value is -1.70. The summed E-state index contributed by atoms with van der Waals surface area (Å²) in [4.78, 5) is 25.1. The van der Waals surface area contributed by atoms with Crippen LogP contribution in [0, 0.1) is 18.3 Å². The van der Waals surface area contributed by atoms with Crippen LogP contribution in [0.15, 0.2) is 0 Å². The lowest BCUT2D eigenvalue weighted by molar-refractivity contribution is -0.144. The fourth-order valence-electron chi connectivity index (χ4n) is 2.01. The van der Waals surface area contributed by atoms with Gasteiger partial charge in [-0.05, 0) is 31.6 Å². The minimum absolute atomic E-state index is 0.214. The highest BCUT2D eigenvalue weighted by Crippen LogP contribution is 2.29. The second-order valence-corrected chi connectivity index (χ2v) is 5.05. The molecule has 0 atom stereocenters. The maximum absolute atomic E-state index is 12.2. The van der Waals surface area contributed by atoms with Crippen LogP contribution in [0.5, 0.6) is 0 Å². The molecule has 0 aliphatic heterocycles. The molecule has 0 saturated heterocycles. The zero-order valence-corrected chi connectivity index (χ0v) is 11.6. The van der Waals surface area contributed by atoms with Crippen LogP contribution >= 0.6 is 0 Å². The molecule has 106 valence electrons. The molecule has 5 nitrogen and oxygen atoms in total. The number of carbonyl (C=O) groups is 2. The molecular weight excluding hydrogens is 244 g/mol. The second kappa shape index (κ2) is 6.46. The molecule has 2 N–H and O–H groups in total. The van der Waals surface area contributed by atoms with Crippen LogP contribution in [0.3, 0.4) is 0 Å². The highest BCUT2D eigenvalue weighted by Gasteiger charge is 2.38. The van der Waals surface area contributed by atoms with Crippen LogP contribution in [0.1, 0.15) is 39.5 Å². The van der Waals surface area contributed by atoms with Gasteiger partial charge in [0.05, 0.1) is 6.54 Å². The first kappa shape index (κ1) is 15.4. The van der Waals surface area contributed by atoms with Crippen molar-refractivity contribution in [2.24, 2.45) is 5.92 Å². The minimum atomic E-state index is -1.20. The molecule has 1 aliphatic carbocycles. The number of carboxylic acids is 1. The van der Waals surface area contributed by atoms with Crippen LogP contribution < -0.4 is 5.32 Å². The number of carbonyl (C=O) groups excluding carboxylic acids is 1. The van der Waals surface area contributed by atoms with Crippen molar-refractivity contribution in [2.45, 2.75) is 45.1 Å². The third-order valence-electron chi connectivity index (χ3n) is 3.71. The van der Waals surface area contributed by atoms with E-state index in [2.05, 4.69) is 11.2 Å². The van der Waals surface area contributed by atoms with Gasteiger partial charge in [-0.25, -0.2) is 9.59 Å². The molecule has 19 heavy (non-hydrogen) atoms. The van der Waals surface area contributed by atoms with Gasteiger partial charge in [0.15, 0.2) is 0 Å². The van der Waals surface area contributed by atoms with Crippen molar-refractivity contribution in [3.63, 3.8) is 0 Å². The molecule has 5 heteroatoms. The van der Waals surface area contributed by atoms with Gasteiger partial charge < -0.3 is 15.3 Å². The summed E-state index contributed by atoms with van der Waals surface area (Å²) in [7, 11) is 0. The Labute approximate surface area is 114 Å². The summed E-state index contributed by atoms with van der Waals surface area (Å²) in [5.74, 6) is 1.96. The Morgan fingerprint density at radius 3 is 2.37 bits per heavy atom. The van der Waals surface area contributed by atoms with Crippen LogP contribution in [-0.4, -0.2) is 40.6 Å². The Morgan fingerprint density at radius 2 is 2.00 bits per heavy atom. The van der Waals surface area contributed by atoms with Gasteiger partial charge in [-0.15, -0.1) is 6.42 Å². The zero-order chi connectivity index (χ0) is 14.5. The normalized spacial score (nSPS) is 14.6. The standard InChI is InChI=1S/C14H22N2O3/c1-4-9-16(10-11-7-8-11)13(19)15-14(5-2,6-3)12(17)18/h1,11H,5-10H2,2-3H3,(H,15,19)(H,17,18). The van der Waals surface area contributed by atoms with E-state index in [4.69, 9.17) is 6.42 Å². The molecule has 0 radical (unpaired) electrons. The number of rotatable bonds is 7. The number of hydrogen-bond acceptors (Lipinski definition) is 2. The van der Waals surface area contributed by atoms with Crippen LogP contribution in [-0.2, 0) is 4.79 Å². The monoisotopic (exact) mass is 266 g/mol. The van der Waals surface area contributed by atoms with E-state index in [-0.39, 0.29) is 12.6 Å². The highest BCUT2D eigenvalue weighted by molar-refractivity contribution is 5.86. The summed E-state index contributed by atoms with van der Waals surface area (Å²) in [6.07, 6.45) is 8.18. The van der Waals surface area contributed by atoms with Crippen molar-refractivity contribution in [1.29, 1.82) is 0 Å². The Morgan fingerprint density at radius 1 is 1.42 bits per heavy atom. The first-order chi connectivity index (χ1) is 8.99. The molecule has 0 unspecified atom stereocenters. The second-order valence-electron chi connectivity index (χ2n) is 5.05. The van der Waals surface area contributed by atoms with E-state index >= 15 is 0 Å². The minimum Gasteiger partial charge on any atom is -0.480 e. The van der Waals surface area contributed by atoms with Gasteiger partial charge in [0, 0.05) is 6.54 Å². The number of carboxylic acid groups (broad SMARTS) is 1. The van der Waals surface area contributed by atoms with Crippen LogP contribution in [0.25, 0.3) is 0 Å². The average molecular weight is 266 g/mol. The average Bonchev–Trinajstić information content (AvgIpc) is 3.19. The SMILES string of the molecule is C#CCN(CC1CC1)C(=O)NC(CC)(CC)C(=O)O. The Bertz CT molecular complexity index is 379. The van der Waals surface area contributed by atoms with Crippen molar-refractivity contribution in [1.82, 2.24) is 10.2 Å². The first-order valence-electron chi connectivity index (χ1n) is 6.73. The lowest BCUT2D eigenvalue weighted by atomic mass is 9.93. The molecule has 1 fully saturated rings. The molecule has 0 aromatic heterocycles. The topological polar surface area (TPSA) is 69.6 Å². The van der Waals surface area contributed by atoms with Gasteiger partial charge in [-0.2, -0.15) is 0 Å². The smallest absolute Gasteiger partial charge is 0.329 e. The predicted molar refractivity (Wildman–Crippen MR) is 72.6 cm³/mol. The van der Waals surface area contributed by atoms with Crippen molar-refractivity contribution in [3.8, 4) is 12.3 Å². The molecule has 0 heterocycles. The van der Waals surface area contributed by atoms with Crippen molar-refractivity contribution in [3.05, 3.63) is 0 Å². The maximum atomic E-state index is 12.2. The summed E-state index contributed by atoms with van der Waals surface area (Å²) >= 11 is 0. The summed E-state index contributed by atoms with van der Waals surface area (Å²) in [6.45, 7) is 4.33. The molecule has 0 bridgehead atoms. The third kappa shape index (κ3) is 3.88. The molecule has 0 spiro atoms. The summed E-state index contributed by atoms with van der Waals surface area (Å²) in [6, 6.07) is -0.379. The third-order valence-corrected chi connectivity index (χ3v) is 3.71. The highest BCUT2D eigenvalue weighted by atomic mass is 16.4. The fourth-order valence-corrected chi connectivity index (χ4v) is 2.01. The molecule has 1 saturated carbocycles. The maximum Gasteiger partial charge on any atom is 0.329 e. The summed E-state index contributed by atoms with van der Waals surface area (Å²) in [5, 5.41) is 11.9. The van der Waals surface area contributed by atoms with E-state index < -0.39 is 11.5 Å². The van der Waals surface area contributed by atoms with Crippen LogP contribution in [0.4, 0.5) is 4.79 Å². The first-order valence-corrected chi connectivity index (χ1v) is 6.73. The molecule has 1 rings (SSSR count). The van der Waals surface area contributed by atoms with Gasteiger partial charge in [0.25, 0.3) is 0 Å². The number of amides is 2. The number of urea groups is 1. The largest absolute Gasteiger partial charge is 0.480 e. The molecular formula is C14H22N2O3. The molecule has 1 aliphatic rings. The van der Waals surface area contributed by atoms with Crippen LogP contribution in [0.2, 0.25) is 0 Å². The molecule has 0 aromatic carbocycles. The summed E-state index contributed by atoms with van der Waals surface area (Å²) in [5.41, 5.74) is -1.20. The number of aliphatic carboxylic acids is 1. The fraction of sp³-hybridized carbons (Fsp3) is 0.714. The zero-order valence-electron chi connectivity index (χ0n) is 11.6. The Kier molecular flexibility index (Phi) is 5.22. The molecule has 0 aromatic rings. The van der Waals surface area contributed by atoms with Crippen molar-refractivity contribution >= 4 is 12.0 Å². The van der Waals surface area contributed by atoms with Crippen molar-refractivity contribution in [2.75, 3.05) is 13.1 Å². The van der Waals surface area contributed by atoms with Gasteiger partial charge >= 0.3 is 12.0 Å². The van der Waals surface area contributed by atoms with E-state index in [1.165, 1.54) is 4.90 Å². The number of hydrogen-bond donors (Lipinski definition) is 2. The Balaban J connectivity index is 2.72. The van der Waals surface area contributed by atoms with E-state index in [1.807, 2.05) is 0 Å². The van der Waals surface area contributed by atoms with E-state index in [1.54, 1.807) is 13.8 Å². The molecule has 2 amide bonds. The van der Waals surface area contributed by atoms with Gasteiger partial charge in [-0.3, -0.25) is 0 Å².